The van der Waals surface area contributed by atoms with Gasteiger partial charge in [-0.3, -0.25) is 4.79 Å². The Kier molecular flexibility index (Phi) is 1.65. The van der Waals surface area contributed by atoms with Crippen LogP contribution in [0.3, 0.4) is 0 Å². The van der Waals surface area contributed by atoms with E-state index in [1.807, 2.05) is 13.0 Å². The zero-order chi connectivity index (χ0) is 9.42. The van der Waals surface area contributed by atoms with Crippen LogP contribution in [0.2, 0.25) is 0 Å². The molecule has 0 N–H and O–H groups in total. The Balaban J connectivity index is 2.77. The summed E-state index contributed by atoms with van der Waals surface area (Å²) in [6.07, 6.45) is 1.60. The van der Waals surface area contributed by atoms with Gasteiger partial charge in [0.1, 0.15) is 5.69 Å². The quantitative estimate of drug-likeness (QED) is 0.625. The minimum atomic E-state index is -0.0220. The zero-order valence-electron chi connectivity index (χ0n) is 7.50. The molecular weight excluding hydrogens is 166 g/mol. The van der Waals surface area contributed by atoms with Crippen LogP contribution >= 0.6 is 0 Å². The molecule has 0 aromatic carbocycles. The predicted octanol–water partition coefficient (Wildman–Crippen LogP) is 2.34. The standard InChI is InChI=1S/C10H9NO2/c1-6-10-8(3-4-13-10)5-9(11-6)7(2)12/h3-5H,1-2H3. The highest BCUT2D eigenvalue weighted by Gasteiger charge is 2.07. The Hall–Kier alpha value is -1.64. The van der Waals surface area contributed by atoms with E-state index in [0.717, 1.165) is 16.7 Å². The lowest BCUT2D eigenvalue weighted by Crippen LogP contribution is -1.97. The molecule has 0 amide bonds. The summed E-state index contributed by atoms with van der Waals surface area (Å²) >= 11 is 0. The number of ketones is 1. The summed E-state index contributed by atoms with van der Waals surface area (Å²) in [6, 6.07) is 3.57. The summed E-state index contributed by atoms with van der Waals surface area (Å²) < 4.78 is 5.21. The number of carbonyl (C=O) groups excluding carboxylic acids is 1. The van der Waals surface area contributed by atoms with Crippen LogP contribution in [0.5, 0.6) is 0 Å². The zero-order valence-corrected chi connectivity index (χ0v) is 7.50. The molecule has 0 fully saturated rings. The third kappa shape index (κ3) is 1.22. The second-order valence-electron chi connectivity index (χ2n) is 2.99. The molecule has 2 aromatic rings. The average Bonchev–Trinajstić information content (AvgIpc) is 2.51. The number of hydrogen-bond donors (Lipinski definition) is 0. The number of nitrogens with zero attached hydrogens (tertiary/aromatic N) is 1. The Morgan fingerprint density at radius 3 is 3.00 bits per heavy atom. The van der Waals surface area contributed by atoms with E-state index in [1.165, 1.54) is 6.92 Å². The van der Waals surface area contributed by atoms with E-state index in [2.05, 4.69) is 4.98 Å². The molecule has 2 aromatic heterocycles. The molecule has 0 unspecified atom stereocenters. The maximum Gasteiger partial charge on any atom is 0.178 e. The number of fused-ring (bicyclic) bond motifs is 1. The summed E-state index contributed by atoms with van der Waals surface area (Å²) in [7, 11) is 0. The van der Waals surface area contributed by atoms with Gasteiger partial charge in [0.25, 0.3) is 0 Å². The van der Waals surface area contributed by atoms with Crippen molar-refractivity contribution in [3.05, 3.63) is 29.8 Å². The Morgan fingerprint density at radius 2 is 2.31 bits per heavy atom. The van der Waals surface area contributed by atoms with E-state index in [0.29, 0.717) is 5.69 Å². The van der Waals surface area contributed by atoms with Crippen molar-refractivity contribution in [2.75, 3.05) is 0 Å². The average molecular weight is 175 g/mol. The van der Waals surface area contributed by atoms with Gasteiger partial charge in [-0.1, -0.05) is 0 Å². The molecule has 2 rings (SSSR count). The van der Waals surface area contributed by atoms with Gasteiger partial charge in [-0.2, -0.15) is 0 Å². The van der Waals surface area contributed by atoms with Crippen molar-refractivity contribution in [3.63, 3.8) is 0 Å². The van der Waals surface area contributed by atoms with Gasteiger partial charge in [-0.15, -0.1) is 0 Å². The third-order valence-corrected chi connectivity index (χ3v) is 1.97. The molecule has 0 saturated heterocycles. The van der Waals surface area contributed by atoms with Gasteiger partial charge < -0.3 is 4.42 Å². The second-order valence-corrected chi connectivity index (χ2v) is 2.99. The van der Waals surface area contributed by atoms with Crippen LogP contribution in [0.1, 0.15) is 23.1 Å². The van der Waals surface area contributed by atoms with E-state index < -0.39 is 0 Å². The fraction of sp³-hybridized carbons (Fsp3) is 0.200. The molecule has 66 valence electrons. The smallest absolute Gasteiger partial charge is 0.178 e. The summed E-state index contributed by atoms with van der Waals surface area (Å²) in [5, 5.41) is 0.928. The summed E-state index contributed by atoms with van der Waals surface area (Å²) in [5.74, 6) is -0.0220. The van der Waals surface area contributed by atoms with Gasteiger partial charge >= 0.3 is 0 Å². The molecule has 0 spiro atoms. The summed E-state index contributed by atoms with van der Waals surface area (Å²) in [6.45, 7) is 3.34. The Labute approximate surface area is 75.4 Å². The maximum atomic E-state index is 11.1. The molecule has 0 aliphatic rings. The molecule has 0 aliphatic heterocycles. The minimum absolute atomic E-state index is 0.0220. The highest BCUT2D eigenvalue weighted by Crippen LogP contribution is 2.18. The highest BCUT2D eigenvalue weighted by atomic mass is 16.3. The van der Waals surface area contributed by atoms with Crippen molar-refractivity contribution < 1.29 is 9.21 Å². The molecule has 13 heavy (non-hydrogen) atoms. The van der Waals surface area contributed by atoms with Gasteiger partial charge in [0.15, 0.2) is 11.4 Å². The molecule has 0 saturated carbocycles. The first-order chi connectivity index (χ1) is 6.18. The SMILES string of the molecule is CC(=O)c1cc2ccoc2c(C)n1. The van der Waals surface area contributed by atoms with Gasteiger partial charge in [-0.25, -0.2) is 4.98 Å². The first kappa shape index (κ1) is 7.98. The third-order valence-electron chi connectivity index (χ3n) is 1.97. The lowest BCUT2D eigenvalue weighted by molar-refractivity contribution is 0.101. The van der Waals surface area contributed by atoms with Crippen molar-refractivity contribution in [2.24, 2.45) is 0 Å². The molecular formula is C10H9NO2. The topological polar surface area (TPSA) is 43.1 Å². The largest absolute Gasteiger partial charge is 0.462 e. The predicted molar refractivity (Wildman–Crippen MR) is 48.8 cm³/mol. The Bertz CT molecular complexity index is 471. The molecule has 0 aliphatic carbocycles. The van der Waals surface area contributed by atoms with Crippen LogP contribution in [0, 0.1) is 6.92 Å². The fourth-order valence-corrected chi connectivity index (χ4v) is 1.32. The van der Waals surface area contributed by atoms with Crippen LogP contribution in [-0.2, 0) is 0 Å². The van der Waals surface area contributed by atoms with Crippen molar-refractivity contribution in [1.82, 2.24) is 4.98 Å². The number of aromatic nitrogens is 1. The molecule has 0 radical (unpaired) electrons. The van der Waals surface area contributed by atoms with Crippen LogP contribution in [-0.4, -0.2) is 10.8 Å². The van der Waals surface area contributed by atoms with Gasteiger partial charge in [0.2, 0.25) is 0 Å². The molecule has 3 heteroatoms. The van der Waals surface area contributed by atoms with E-state index in [9.17, 15) is 4.79 Å². The number of hydrogen-bond acceptors (Lipinski definition) is 3. The van der Waals surface area contributed by atoms with Crippen molar-refractivity contribution in [1.29, 1.82) is 0 Å². The number of rotatable bonds is 1. The summed E-state index contributed by atoms with van der Waals surface area (Å²) in [5.41, 5.74) is 2.00. The minimum Gasteiger partial charge on any atom is -0.462 e. The molecule has 0 atom stereocenters. The Morgan fingerprint density at radius 1 is 1.54 bits per heavy atom. The molecule has 3 nitrogen and oxygen atoms in total. The lowest BCUT2D eigenvalue weighted by Gasteiger charge is -1.97. The lowest BCUT2D eigenvalue weighted by atomic mass is 10.2. The van der Waals surface area contributed by atoms with E-state index in [1.54, 1.807) is 12.3 Å². The number of aryl methyl sites for hydroxylation is 1. The van der Waals surface area contributed by atoms with Crippen LogP contribution < -0.4 is 0 Å². The van der Waals surface area contributed by atoms with Crippen molar-refractivity contribution >= 4 is 16.8 Å². The van der Waals surface area contributed by atoms with Crippen LogP contribution in [0.15, 0.2) is 22.8 Å². The second kappa shape index (κ2) is 2.69. The number of furan rings is 1. The highest BCUT2D eigenvalue weighted by molar-refractivity contribution is 5.95. The van der Waals surface area contributed by atoms with Crippen molar-refractivity contribution in [3.8, 4) is 0 Å². The van der Waals surface area contributed by atoms with Gasteiger partial charge in [0.05, 0.1) is 12.0 Å². The molecule has 2 heterocycles. The summed E-state index contributed by atoms with van der Waals surface area (Å²) in [4.78, 5) is 15.2. The maximum absolute atomic E-state index is 11.1. The van der Waals surface area contributed by atoms with E-state index in [-0.39, 0.29) is 5.78 Å². The molecule has 0 bridgehead atoms. The van der Waals surface area contributed by atoms with E-state index in [4.69, 9.17) is 4.42 Å². The van der Waals surface area contributed by atoms with Gasteiger partial charge in [-0.05, 0) is 19.1 Å². The van der Waals surface area contributed by atoms with Crippen LogP contribution in [0.4, 0.5) is 0 Å². The number of pyridine rings is 1. The number of Topliss-reactive ketones (excluding diaryl/α,β-unsaturated/α-hetero) is 1. The number of carbonyl (C=O) groups is 1. The van der Waals surface area contributed by atoms with E-state index >= 15 is 0 Å². The van der Waals surface area contributed by atoms with Crippen LogP contribution in [0.25, 0.3) is 11.0 Å². The van der Waals surface area contributed by atoms with Gasteiger partial charge in [0, 0.05) is 12.3 Å². The monoisotopic (exact) mass is 175 g/mol. The van der Waals surface area contributed by atoms with Crippen molar-refractivity contribution in [2.45, 2.75) is 13.8 Å². The fourth-order valence-electron chi connectivity index (χ4n) is 1.32. The normalized spacial score (nSPS) is 10.6. The first-order valence-electron chi connectivity index (χ1n) is 4.04. The first-order valence-corrected chi connectivity index (χ1v) is 4.04.